The Kier molecular flexibility index (Phi) is 4.63. The molecule has 0 amide bonds. The molecule has 0 atom stereocenters. The van der Waals surface area contributed by atoms with Crippen molar-refractivity contribution in [1.29, 1.82) is 0 Å². The van der Waals surface area contributed by atoms with E-state index in [1.165, 1.54) is 18.2 Å². The van der Waals surface area contributed by atoms with E-state index in [0.29, 0.717) is 11.1 Å². The number of hydrogen-bond acceptors (Lipinski definition) is 1. The lowest BCUT2D eigenvalue weighted by Gasteiger charge is -2.11. The first-order chi connectivity index (χ1) is 9.90. The summed E-state index contributed by atoms with van der Waals surface area (Å²) >= 11 is 0. The second-order valence-electron chi connectivity index (χ2n) is 5.06. The molecular formula is C16H15F4N. The molecule has 0 aromatic heterocycles. The van der Waals surface area contributed by atoms with Crippen LogP contribution >= 0.6 is 0 Å². The van der Waals surface area contributed by atoms with Crippen LogP contribution in [0.25, 0.3) is 11.1 Å². The van der Waals surface area contributed by atoms with Crippen molar-refractivity contribution in [1.82, 2.24) is 5.32 Å². The molecule has 0 aliphatic heterocycles. The number of benzene rings is 2. The lowest BCUT2D eigenvalue weighted by molar-refractivity contribution is 0.449. The Bertz CT molecular complexity index is 653. The Balaban J connectivity index is 2.41. The van der Waals surface area contributed by atoms with Gasteiger partial charge in [-0.2, -0.15) is 0 Å². The maximum atomic E-state index is 13.8. The van der Waals surface area contributed by atoms with Crippen molar-refractivity contribution < 1.29 is 17.6 Å². The van der Waals surface area contributed by atoms with Crippen molar-refractivity contribution in [3.63, 3.8) is 0 Å². The van der Waals surface area contributed by atoms with E-state index in [4.69, 9.17) is 0 Å². The second-order valence-corrected chi connectivity index (χ2v) is 5.06. The summed E-state index contributed by atoms with van der Waals surface area (Å²) in [5.74, 6) is -4.49. The Morgan fingerprint density at radius 2 is 1.57 bits per heavy atom. The summed E-state index contributed by atoms with van der Waals surface area (Å²) in [6.45, 7) is 4.09. The van der Waals surface area contributed by atoms with Crippen molar-refractivity contribution >= 4 is 0 Å². The first kappa shape index (κ1) is 15.5. The van der Waals surface area contributed by atoms with Crippen LogP contribution in [0.4, 0.5) is 17.6 Å². The maximum absolute atomic E-state index is 13.8. The fourth-order valence-electron chi connectivity index (χ4n) is 1.94. The van der Waals surface area contributed by atoms with Gasteiger partial charge in [-0.3, -0.25) is 0 Å². The molecule has 0 heterocycles. The first-order valence-electron chi connectivity index (χ1n) is 6.56. The van der Waals surface area contributed by atoms with E-state index in [9.17, 15) is 17.6 Å². The summed E-state index contributed by atoms with van der Waals surface area (Å²) in [4.78, 5) is 0. The Labute approximate surface area is 120 Å². The van der Waals surface area contributed by atoms with Gasteiger partial charge in [0.1, 0.15) is 5.82 Å². The third kappa shape index (κ3) is 3.42. The van der Waals surface area contributed by atoms with Crippen LogP contribution in [0.5, 0.6) is 0 Å². The molecule has 112 valence electrons. The minimum Gasteiger partial charge on any atom is -0.310 e. The molecule has 0 radical (unpaired) electrons. The normalized spacial score (nSPS) is 11.2. The number of nitrogens with one attached hydrogen (secondary N) is 1. The summed E-state index contributed by atoms with van der Waals surface area (Å²) in [6.07, 6.45) is 0. The Hall–Kier alpha value is -1.88. The molecule has 0 aliphatic carbocycles. The van der Waals surface area contributed by atoms with Gasteiger partial charge in [0.25, 0.3) is 0 Å². The van der Waals surface area contributed by atoms with Crippen LogP contribution in [-0.4, -0.2) is 6.04 Å². The van der Waals surface area contributed by atoms with Crippen molar-refractivity contribution in [3.05, 3.63) is 59.2 Å². The zero-order valence-corrected chi connectivity index (χ0v) is 11.7. The van der Waals surface area contributed by atoms with E-state index in [1.807, 2.05) is 13.8 Å². The van der Waals surface area contributed by atoms with Crippen LogP contribution in [0.1, 0.15) is 19.4 Å². The third-order valence-corrected chi connectivity index (χ3v) is 3.09. The van der Waals surface area contributed by atoms with Crippen LogP contribution in [0.15, 0.2) is 30.3 Å². The van der Waals surface area contributed by atoms with Gasteiger partial charge in [0.05, 0.1) is 0 Å². The minimum atomic E-state index is -1.53. The zero-order valence-electron chi connectivity index (χ0n) is 11.7. The summed E-state index contributed by atoms with van der Waals surface area (Å²) in [7, 11) is 0. The van der Waals surface area contributed by atoms with Crippen molar-refractivity contribution in [2.24, 2.45) is 0 Å². The van der Waals surface area contributed by atoms with Gasteiger partial charge in [-0.15, -0.1) is 0 Å². The summed E-state index contributed by atoms with van der Waals surface area (Å²) in [5, 5.41) is 3.05. The van der Waals surface area contributed by atoms with Crippen LogP contribution < -0.4 is 5.32 Å². The smallest absolute Gasteiger partial charge is 0.195 e. The predicted molar refractivity (Wildman–Crippen MR) is 73.7 cm³/mol. The van der Waals surface area contributed by atoms with Gasteiger partial charge in [-0.25, -0.2) is 17.6 Å². The molecule has 2 aromatic rings. The molecule has 21 heavy (non-hydrogen) atoms. The standard InChI is InChI=1S/C16H15F4N/c1-9(2)21-8-11-7-10(3-5-13(11)17)12-4-6-14(18)16(20)15(12)19/h3-7,9,21H,8H2,1-2H3. The summed E-state index contributed by atoms with van der Waals surface area (Å²) in [5.41, 5.74) is 0.540. The molecule has 2 aromatic carbocycles. The molecule has 1 N–H and O–H groups in total. The van der Waals surface area contributed by atoms with E-state index >= 15 is 0 Å². The average Bonchev–Trinajstić information content (AvgIpc) is 2.44. The van der Waals surface area contributed by atoms with Crippen molar-refractivity contribution in [2.75, 3.05) is 0 Å². The summed E-state index contributed by atoms with van der Waals surface area (Å²) < 4.78 is 53.7. The molecule has 0 saturated carbocycles. The van der Waals surface area contributed by atoms with Gasteiger partial charge in [-0.1, -0.05) is 19.9 Å². The molecule has 0 aliphatic rings. The maximum Gasteiger partial charge on any atom is 0.195 e. The van der Waals surface area contributed by atoms with E-state index in [-0.39, 0.29) is 18.2 Å². The first-order valence-corrected chi connectivity index (χ1v) is 6.56. The van der Waals surface area contributed by atoms with Gasteiger partial charge in [0.15, 0.2) is 17.5 Å². The van der Waals surface area contributed by atoms with E-state index < -0.39 is 23.3 Å². The van der Waals surface area contributed by atoms with Gasteiger partial charge < -0.3 is 5.32 Å². The molecule has 0 bridgehead atoms. The minimum absolute atomic E-state index is 0.0975. The molecule has 5 heteroatoms. The quantitative estimate of drug-likeness (QED) is 0.651. The Morgan fingerprint density at radius 3 is 2.24 bits per heavy atom. The summed E-state index contributed by atoms with van der Waals surface area (Å²) in [6, 6.07) is 6.11. The predicted octanol–water partition coefficient (Wildman–Crippen LogP) is 4.41. The van der Waals surface area contributed by atoms with Crippen molar-refractivity contribution in [3.8, 4) is 11.1 Å². The molecule has 2 rings (SSSR count). The monoisotopic (exact) mass is 297 g/mol. The highest BCUT2D eigenvalue weighted by Gasteiger charge is 2.15. The van der Waals surface area contributed by atoms with Crippen LogP contribution in [0, 0.1) is 23.3 Å². The molecule has 0 spiro atoms. The highest BCUT2D eigenvalue weighted by Crippen LogP contribution is 2.27. The van der Waals surface area contributed by atoms with Crippen LogP contribution in [0.3, 0.4) is 0 Å². The highest BCUT2D eigenvalue weighted by molar-refractivity contribution is 5.65. The van der Waals surface area contributed by atoms with Crippen molar-refractivity contribution in [2.45, 2.75) is 26.4 Å². The van der Waals surface area contributed by atoms with Gasteiger partial charge in [-0.05, 0) is 29.8 Å². The molecule has 0 saturated heterocycles. The molecule has 1 nitrogen and oxygen atoms in total. The van der Waals surface area contributed by atoms with Gasteiger partial charge >= 0.3 is 0 Å². The lowest BCUT2D eigenvalue weighted by Crippen LogP contribution is -2.22. The third-order valence-electron chi connectivity index (χ3n) is 3.09. The van der Waals surface area contributed by atoms with Gasteiger partial charge in [0, 0.05) is 23.7 Å². The topological polar surface area (TPSA) is 12.0 Å². The van der Waals surface area contributed by atoms with E-state index in [1.54, 1.807) is 0 Å². The fraction of sp³-hybridized carbons (Fsp3) is 0.250. The largest absolute Gasteiger partial charge is 0.310 e. The SMILES string of the molecule is CC(C)NCc1cc(-c2ccc(F)c(F)c2F)ccc1F. The van der Waals surface area contributed by atoms with Crippen LogP contribution in [0.2, 0.25) is 0 Å². The van der Waals surface area contributed by atoms with Gasteiger partial charge in [0.2, 0.25) is 0 Å². The number of rotatable bonds is 4. The molecule has 0 fully saturated rings. The lowest BCUT2D eigenvalue weighted by atomic mass is 10.0. The van der Waals surface area contributed by atoms with E-state index in [0.717, 1.165) is 12.1 Å². The molecule has 0 unspecified atom stereocenters. The number of hydrogen-bond donors (Lipinski definition) is 1. The van der Waals surface area contributed by atoms with Crippen LogP contribution in [-0.2, 0) is 6.54 Å². The fourth-order valence-corrected chi connectivity index (χ4v) is 1.94. The van der Waals surface area contributed by atoms with E-state index in [2.05, 4.69) is 5.32 Å². The number of halogens is 4. The molecular weight excluding hydrogens is 282 g/mol. The Morgan fingerprint density at radius 1 is 0.905 bits per heavy atom. The zero-order chi connectivity index (χ0) is 15.6. The second kappa shape index (κ2) is 6.26. The highest BCUT2D eigenvalue weighted by atomic mass is 19.2. The average molecular weight is 297 g/mol.